The van der Waals surface area contributed by atoms with E-state index in [9.17, 15) is 19.7 Å². The maximum absolute atomic E-state index is 14.3. The number of ether oxygens (including phenoxy) is 1. The number of hydrogen-bond acceptors (Lipinski definition) is 6. The molecule has 6 rings (SSSR count). The van der Waals surface area contributed by atoms with E-state index in [-0.39, 0.29) is 29.7 Å². The van der Waals surface area contributed by atoms with Crippen LogP contribution in [0, 0.1) is 10.1 Å². The maximum atomic E-state index is 14.3. The minimum atomic E-state index is -0.877. The van der Waals surface area contributed by atoms with E-state index in [1.54, 1.807) is 48.4 Å². The van der Waals surface area contributed by atoms with E-state index in [1.165, 1.54) is 12.1 Å². The van der Waals surface area contributed by atoms with Gasteiger partial charge in [0.2, 0.25) is 0 Å². The Bertz CT molecular complexity index is 1680. The highest BCUT2D eigenvalue weighted by atomic mass is 16.6. The fourth-order valence-corrected chi connectivity index (χ4v) is 5.77. The lowest BCUT2D eigenvalue weighted by Crippen LogP contribution is -2.38. The SMILES string of the molecule is COc1ccc([C@@H]2CC(=O)C3=C(C2)Nc2ccccc2N(C(=O)c2ccccc2)[C@H]3c2cccc([N+](=O)[O-])c2)cc1. The van der Waals surface area contributed by atoms with Gasteiger partial charge in [-0.1, -0.05) is 54.6 Å². The summed E-state index contributed by atoms with van der Waals surface area (Å²) in [6.45, 7) is 0. The molecule has 1 aliphatic carbocycles. The smallest absolute Gasteiger partial charge is 0.269 e. The number of benzene rings is 4. The predicted octanol–water partition coefficient (Wildman–Crippen LogP) is 6.82. The molecule has 0 aromatic heterocycles. The number of amides is 1. The van der Waals surface area contributed by atoms with Crippen molar-refractivity contribution < 1.29 is 19.2 Å². The maximum Gasteiger partial charge on any atom is 0.269 e. The largest absolute Gasteiger partial charge is 0.497 e. The molecule has 2 aliphatic rings. The summed E-state index contributed by atoms with van der Waals surface area (Å²) in [6.07, 6.45) is 0.766. The summed E-state index contributed by atoms with van der Waals surface area (Å²) in [4.78, 5) is 41.3. The zero-order valence-corrected chi connectivity index (χ0v) is 22.3. The first kappa shape index (κ1) is 26.0. The molecular weight excluding hydrogens is 518 g/mol. The highest BCUT2D eigenvalue weighted by molar-refractivity contribution is 6.12. The molecule has 0 fully saturated rings. The van der Waals surface area contributed by atoms with Gasteiger partial charge < -0.3 is 10.1 Å². The van der Waals surface area contributed by atoms with Gasteiger partial charge in [0.15, 0.2) is 5.78 Å². The van der Waals surface area contributed by atoms with Crippen LogP contribution in [0.4, 0.5) is 17.1 Å². The average Bonchev–Trinajstić information content (AvgIpc) is 3.16. The number of rotatable bonds is 5. The van der Waals surface area contributed by atoms with Crippen LogP contribution in [0.1, 0.15) is 46.3 Å². The van der Waals surface area contributed by atoms with Gasteiger partial charge in [0.1, 0.15) is 5.75 Å². The third-order valence-electron chi connectivity index (χ3n) is 7.71. The third kappa shape index (κ3) is 4.84. The Morgan fingerprint density at radius 2 is 1.63 bits per heavy atom. The number of nitro groups is 1. The van der Waals surface area contributed by atoms with Crippen LogP contribution in [0.25, 0.3) is 0 Å². The minimum Gasteiger partial charge on any atom is -0.497 e. The van der Waals surface area contributed by atoms with Gasteiger partial charge in [0, 0.05) is 35.4 Å². The Morgan fingerprint density at radius 1 is 0.902 bits per heavy atom. The van der Waals surface area contributed by atoms with E-state index in [1.807, 2.05) is 54.6 Å². The summed E-state index contributed by atoms with van der Waals surface area (Å²) in [5.74, 6) is 0.219. The summed E-state index contributed by atoms with van der Waals surface area (Å²) in [7, 11) is 1.61. The number of anilines is 2. The van der Waals surface area contributed by atoms with Crippen molar-refractivity contribution >= 4 is 28.8 Å². The lowest BCUT2D eigenvalue weighted by Gasteiger charge is -2.35. The Labute approximate surface area is 237 Å². The highest BCUT2D eigenvalue weighted by Gasteiger charge is 2.42. The molecular formula is C33H27N3O5. The Kier molecular flexibility index (Phi) is 6.81. The van der Waals surface area contributed by atoms with Crippen molar-refractivity contribution in [3.63, 3.8) is 0 Å². The molecule has 8 nitrogen and oxygen atoms in total. The summed E-state index contributed by atoms with van der Waals surface area (Å²) in [5.41, 5.74) is 4.24. The molecule has 1 N–H and O–H groups in total. The minimum absolute atomic E-state index is 0.0889. The number of nitrogens with zero attached hydrogens (tertiary/aromatic N) is 2. The van der Waals surface area contributed by atoms with Gasteiger partial charge in [0.05, 0.1) is 29.4 Å². The van der Waals surface area contributed by atoms with Gasteiger partial charge in [-0.3, -0.25) is 24.6 Å². The molecule has 0 saturated carbocycles. The van der Waals surface area contributed by atoms with Gasteiger partial charge in [-0.05, 0) is 59.9 Å². The predicted molar refractivity (Wildman–Crippen MR) is 156 cm³/mol. The Balaban J connectivity index is 1.55. The highest BCUT2D eigenvalue weighted by Crippen LogP contribution is 2.48. The third-order valence-corrected chi connectivity index (χ3v) is 7.71. The van der Waals surface area contributed by atoms with Crippen LogP contribution in [0.15, 0.2) is 114 Å². The molecule has 0 radical (unpaired) electrons. The first-order chi connectivity index (χ1) is 19.9. The molecule has 0 unspecified atom stereocenters. The number of carbonyl (C=O) groups is 2. The van der Waals surface area contributed by atoms with Crippen LogP contribution in [0.2, 0.25) is 0 Å². The summed E-state index contributed by atoms with van der Waals surface area (Å²) in [5, 5.41) is 15.3. The number of carbonyl (C=O) groups excluding carboxylic acids is 2. The van der Waals surface area contributed by atoms with Gasteiger partial charge in [-0.2, -0.15) is 0 Å². The molecule has 4 aromatic rings. The molecule has 4 aromatic carbocycles. The summed E-state index contributed by atoms with van der Waals surface area (Å²) >= 11 is 0. The second-order valence-corrected chi connectivity index (χ2v) is 10.1. The van der Waals surface area contributed by atoms with E-state index < -0.39 is 11.0 Å². The lowest BCUT2D eigenvalue weighted by molar-refractivity contribution is -0.384. The number of allylic oxidation sites excluding steroid dienone is 1. The number of nitro benzene ring substituents is 1. The van der Waals surface area contributed by atoms with Crippen molar-refractivity contribution in [2.24, 2.45) is 0 Å². The molecule has 2 atom stereocenters. The van der Waals surface area contributed by atoms with Crippen LogP contribution in [0.5, 0.6) is 5.75 Å². The molecule has 1 amide bonds. The second kappa shape index (κ2) is 10.7. The number of nitrogens with one attached hydrogen (secondary N) is 1. The number of non-ortho nitro benzene ring substituents is 1. The van der Waals surface area contributed by atoms with Gasteiger partial charge >= 0.3 is 0 Å². The normalized spacial score (nSPS) is 18.1. The van der Waals surface area contributed by atoms with Crippen LogP contribution in [-0.4, -0.2) is 23.7 Å². The number of Topliss-reactive ketones (excluding diaryl/α,β-unsaturated/α-hetero) is 1. The van der Waals surface area contributed by atoms with Crippen LogP contribution in [0.3, 0.4) is 0 Å². The fraction of sp³-hybridized carbons (Fsp3) is 0.152. The molecule has 0 bridgehead atoms. The van der Waals surface area contributed by atoms with E-state index >= 15 is 0 Å². The molecule has 0 saturated heterocycles. The van der Waals surface area contributed by atoms with Crippen LogP contribution < -0.4 is 15.0 Å². The molecule has 41 heavy (non-hydrogen) atoms. The van der Waals surface area contributed by atoms with Crippen molar-refractivity contribution in [3.8, 4) is 5.75 Å². The molecule has 0 spiro atoms. The van der Waals surface area contributed by atoms with E-state index in [0.29, 0.717) is 40.2 Å². The van der Waals surface area contributed by atoms with Crippen LogP contribution >= 0.6 is 0 Å². The Hall–Kier alpha value is -5.24. The topological polar surface area (TPSA) is 102 Å². The van der Waals surface area contributed by atoms with Crippen molar-refractivity contribution in [3.05, 3.63) is 141 Å². The summed E-state index contributed by atoms with van der Waals surface area (Å²) < 4.78 is 5.31. The number of fused-ring (bicyclic) bond motifs is 1. The number of para-hydroxylation sites is 2. The zero-order valence-electron chi connectivity index (χ0n) is 22.3. The van der Waals surface area contributed by atoms with Gasteiger partial charge in [-0.25, -0.2) is 0 Å². The molecule has 204 valence electrons. The number of ketones is 1. The standard InChI is InChI=1S/C33H27N3O5/c1-41-26-16-14-21(15-17-26)24-19-28-31(30(37)20-24)32(23-10-7-11-25(18-23)36(39)40)35(29-13-6-5-12-27(29)34-28)33(38)22-8-3-2-4-9-22/h2-18,24,32,34H,19-20H2,1H3/t24-,32-/m0/s1. The van der Waals surface area contributed by atoms with Gasteiger partial charge in [0.25, 0.3) is 11.6 Å². The molecule has 1 aliphatic heterocycles. The molecule has 8 heteroatoms. The Morgan fingerprint density at radius 3 is 2.37 bits per heavy atom. The lowest BCUT2D eigenvalue weighted by atomic mass is 9.78. The van der Waals surface area contributed by atoms with E-state index in [0.717, 1.165) is 11.3 Å². The van der Waals surface area contributed by atoms with Crippen molar-refractivity contribution in [1.82, 2.24) is 0 Å². The number of hydrogen-bond donors (Lipinski definition) is 1. The monoisotopic (exact) mass is 545 g/mol. The first-order valence-corrected chi connectivity index (χ1v) is 13.3. The zero-order chi connectivity index (χ0) is 28.5. The second-order valence-electron chi connectivity index (χ2n) is 10.1. The summed E-state index contributed by atoms with van der Waals surface area (Å²) in [6, 6.07) is 29.3. The van der Waals surface area contributed by atoms with Crippen molar-refractivity contribution in [2.45, 2.75) is 24.8 Å². The van der Waals surface area contributed by atoms with E-state index in [2.05, 4.69) is 5.32 Å². The molecule has 1 heterocycles. The van der Waals surface area contributed by atoms with Gasteiger partial charge in [-0.15, -0.1) is 0 Å². The quantitative estimate of drug-likeness (QED) is 0.218. The van der Waals surface area contributed by atoms with Crippen LogP contribution in [-0.2, 0) is 4.79 Å². The van der Waals surface area contributed by atoms with Crippen molar-refractivity contribution in [2.75, 3.05) is 17.3 Å². The first-order valence-electron chi connectivity index (χ1n) is 13.3. The van der Waals surface area contributed by atoms with E-state index in [4.69, 9.17) is 4.74 Å². The fourth-order valence-electron chi connectivity index (χ4n) is 5.77. The number of methoxy groups -OCH3 is 1. The van der Waals surface area contributed by atoms with Crippen molar-refractivity contribution in [1.29, 1.82) is 0 Å². The average molecular weight is 546 g/mol.